The Morgan fingerprint density at radius 2 is 1.07 bits per heavy atom. The molecule has 2 aromatic rings. The van der Waals surface area contributed by atoms with Gasteiger partial charge in [-0.15, -0.1) is 0 Å². The van der Waals surface area contributed by atoms with Crippen LogP contribution >= 0.6 is 0 Å². The zero-order chi connectivity index (χ0) is 19.9. The number of nitrogens with zero attached hydrogens (tertiary/aromatic N) is 2. The summed E-state index contributed by atoms with van der Waals surface area (Å²) in [5, 5.41) is 2.68. The molecule has 2 aromatic carbocycles. The van der Waals surface area contributed by atoms with E-state index in [9.17, 15) is 9.59 Å². The maximum absolute atomic E-state index is 12.9. The summed E-state index contributed by atoms with van der Waals surface area (Å²) in [7, 11) is 0. The molecule has 0 fully saturated rings. The van der Waals surface area contributed by atoms with Crippen molar-refractivity contribution in [3.05, 3.63) is 83.9 Å². The second kappa shape index (κ2) is 9.08. The first-order valence-electron chi connectivity index (χ1n) is 9.37. The van der Waals surface area contributed by atoms with Crippen molar-refractivity contribution >= 4 is 12.2 Å². The third kappa shape index (κ3) is 4.01. The van der Waals surface area contributed by atoms with Crippen LogP contribution in [0.5, 0.6) is 0 Å². The molecular weight excluding hydrogens is 356 g/mol. The number of carbonyl (C=O) groups excluding carboxylic acids is 2. The monoisotopic (exact) mass is 380 g/mol. The van der Waals surface area contributed by atoms with Crippen LogP contribution in [0.15, 0.2) is 72.8 Å². The molecule has 3 rings (SSSR count). The lowest BCUT2D eigenvalue weighted by Gasteiger charge is -2.44. The first kappa shape index (κ1) is 19.5. The maximum Gasteiger partial charge on any atom is 0.429 e. The van der Waals surface area contributed by atoms with Gasteiger partial charge in [0, 0.05) is 0 Å². The smallest absolute Gasteiger partial charge is 0.429 e. The predicted octanol–water partition coefficient (Wildman–Crippen LogP) is 4.87. The van der Waals surface area contributed by atoms with Gasteiger partial charge in [0.1, 0.15) is 12.1 Å². The highest BCUT2D eigenvalue weighted by molar-refractivity contribution is 5.76. The molecular formula is C22H24N2O4. The Hall–Kier alpha value is -3.28. The second-order valence-corrected chi connectivity index (χ2v) is 6.18. The average molecular weight is 380 g/mol. The van der Waals surface area contributed by atoms with Crippen LogP contribution in [-0.4, -0.2) is 35.4 Å². The summed E-state index contributed by atoms with van der Waals surface area (Å²) in [4.78, 5) is 25.8. The molecule has 0 N–H and O–H groups in total. The predicted molar refractivity (Wildman–Crippen MR) is 105 cm³/mol. The molecule has 6 nitrogen and oxygen atoms in total. The largest absolute Gasteiger partial charge is 0.448 e. The fraction of sp³-hybridized carbons (Fsp3) is 0.273. The van der Waals surface area contributed by atoms with E-state index in [0.29, 0.717) is 0 Å². The van der Waals surface area contributed by atoms with Crippen LogP contribution < -0.4 is 0 Å². The normalized spacial score (nSPS) is 18.6. The fourth-order valence-electron chi connectivity index (χ4n) is 3.23. The highest BCUT2D eigenvalue weighted by atomic mass is 16.6. The van der Waals surface area contributed by atoms with Gasteiger partial charge in [-0.05, 0) is 25.0 Å². The van der Waals surface area contributed by atoms with Crippen LogP contribution in [-0.2, 0) is 9.47 Å². The number of benzene rings is 2. The van der Waals surface area contributed by atoms with Gasteiger partial charge >= 0.3 is 12.2 Å². The molecule has 2 atom stereocenters. The van der Waals surface area contributed by atoms with Crippen molar-refractivity contribution in [2.45, 2.75) is 25.9 Å². The number of hydrogen-bond donors (Lipinski definition) is 0. The zero-order valence-corrected chi connectivity index (χ0v) is 16.0. The maximum atomic E-state index is 12.9. The molecule has 0 saturated carbocycles. The van der Waals surface area contributed by atoms with E-state index in [1.54, 1.807) is 13.8 Å². The lowest BCUT2D eigenvalue weighted by Crippen LogP contribution is -2.54. The summed E-state index contributed by atoms with van der Waals surface area (Å²) in [6.45, 7) is 3.87. The van der Waals surface area contributed by atoms with Gasteiger partial charge in [0.05, 0.1) is 13.2 Å². The second-order valence-electron chi connectivity index (χ2n) is 6.18. The third-order valence-corrected chi connectivity index (χ3v) is 4.43. The Bertz CT molecular complexity index is 753. The highest BCUT2D eigenvalue weighted by Crippen LogP contribution is 2.37. The molecule has 0 unspecified atom stereocenters. The summed E-state index contributed by atoms with van der Waals surface area (Å²) >= 11 is 0. The van der Waals surface area contributed by atoms with Crippen molar-refractivity contribution < 1.29 is 19.1 Å². The van der Waals surface area contributed by atoms with Crippen molar-refractivity contribution in [3.8, 4) is 0 Å². The lowest BCUT2D eigenvalue weighted by atomic mass is 9.99. The molecule has 0 aliphatic carbocycles. The SMILES string of the molecule is CCOC(=O)N1[C@@H](c2ccccc2)C=C[C@H](c2ccccc2)N1C(=O)OCC. The summed E-state index contributed by atoms with van der Waals surface area (Å²) in [5.74, 6) is 0. The van der Waals surface area contributed by atoms with Gasteiger partial charge in [0.15, 0.2) is 0 Å². The van der Waals surface area contributed by atoms with Crippen LogP contribution in [0.3, 0.4) is 0 Å². The quantitative estimate of drug-likeness (QED) is 0.710. The molecule has 28 heavy (non-hydrogen) atoms. The number of amides is 2. The summed E-state index contributed by atoms with van der Waals surface area (Å²) in [6, 6.07) is 18.1. The van der Waals surface area contributed by atoms with E-state index in [-0.39, 0.29) is 13.2 Å². The number of carbonyl (C=O) groups is 2. The zero-order valence-electron chi connectivity index (χ0n) is 16.0. The van der Waals surface area contributed by atoms with Gasteiger partial charge < -0.3 is 9.47 Å². The third-order valence-electron chi connectivity index (χ3n) is 4.43. The number of rotatable bonds is 4. The van der Waals surface area contributed by atoms with E-state index in [1.807, 2.05) is 72.8 Å². The van der Waals surface area contributed by atoms with Crippen LogP contribution in [0, 0.1) is 0 Å². The van der Waals surface area contributed by atoms with E-state index in [1.165, 1.54) is 10.0 Å². The number of ether oxygens (including phenoxy) is 2. The number of hydrazine groups is 1. The Labute approximate surface area is 164 Å². The molecule has 0 radical (unpaired) electrons. The van der Waals surface area contributed by atoms with E-state index >= 15 is 0 Å². The van der Waals surface area contributed by atoms with E-state index in [4.69, 9.17) is 9.47 Å². The molecule has 2 amide bonds. The standard InChI is InChI=1S/C22H24N2O4/c1-3-27-21(25)23-19(17-11-7-5-8-12-17)15-16-20(18-13-9-6-10-14-18)24(23)22(26)28-4-2/h5-16,19-20H,3-4H2,1-2H3/t19-,20-/m1/s1. The molecule has 0 bridgehead atoms. The lowest BCUT2D eigenvalue weighted by molar-refractivity contribution is -0.0561. The molecule has 1 heterocycles. The molecule has 0 aromatic heterocycles. The van der Waals surface area contributed by atoms with Crippen molar-refractivity contribution in [1.82, 2.24) is 10.0 Å². The minimum absolute atomic E-state index is 0.202. The molecule has 0 saturated heterocycles. The molecule has 1 aliphatic heterocycles. The van der Waals surface area contributed by atoms with E-state index in [0.717, 1.165) is 11.1 Å². The molecule has 1 aliphatic rings. The molecule has 0 spiro atoms. The van der Waals surface area contributed by atoms with Crippen LogP contribution in [0.1, 0.15) is 37.1 Å². The first-order valence-corrected chi connectivity index (χ1v) is 9.37. The van der Waals surface area contributed by atoms with Crippen molar-refractivity contribution in [1.29, 1.82) is 0 Å². The Morgan fingerprint density at radius 3 is 1.39 bits per heavy atom. The van der Waals surface area contributed by atoms with E-state index < -0.39 is 24.3 Å². The fourth-order valence-corrected chi connectivity index (χ4v) is 3.23. The van der Waals surface area contributed by atoms with E-state index in [2.05, 4.69) is 0 Å². The van der Waals surface area contributed by atoms with Crippen LogP contribution in [0.2, 0.25) is 0 Å². The van der Waals surface area contributed by atoms with Gasteiger partial charge in [0.2, 0.25) is 0 Å². The topological polar surface area (TPSA) is 59.1 Å². The molecule has 6 heteroatoms. The minimum Gasteiger partial charge on any atom is -0.448 e. The van der Waals surface area contributed by atoms with Crippen LogP contribution in [0.4, 0.5) is 9.59 Å². The Morgan fingerprint density at radius 1 is 0.714 bits per heavy atom. The van der Waals surface area contributed by atoms with Gasteiger partial charge in [-0.25, -0.2) is 19.6 Å². The summed E-state index contributed by atoms with van der Waals surface area (Å²) < 4.78 is 10.6. The van der Waals surface area contributed by atoms with Gasteiger partial charge in [0.25, 0.3) is 0 Å². The van der Waals surface area contributed by atoms with Crippen molar-refractivity contribution in [2.24, 2.45) is 0 Å². The summed E-state index contributed by atoms with van der Waals surface area (Å²) in [6.07, 6.45) is 2.63. The van der Waals surface area contributed by atoms with Crippen molar-refractivity contribution in [2.75, 3.05) is 13.2 Å². The van der Waals surface area contributed by atoms with Crippen LogP contribution in [0.25, 0.3) is 0 Å². The highest BCUT2D eigenvalue weighted by Gasteiger charge is 2.41. The van der Waals surface area contributed by atoms with Gasteiger partial charge in [-0.3, -0.25) is 0 Å². The minimum atomic E-state index is -0.602. The summed E-state index contributed by atoms with van der Waals surface area (Å²) in [5.41, 5.74) is 1.74. The van der Waals surface area contributed by atoms with Gasteiger partial charge in [-0.1, -0.05) is 72.8 Å². The molecule has 146 valence electrons. The van der Waals surface area contributed by atoms with Gasteiger partial charge in [-0.2, -0.15) is 0 Å². The Kier molecular flexibility index (Phi) is 6.32. The first-order chi connectivity index (χ1) is 13.7. The average Bonchev–Trinajstić information content (AvgIpc) is 2.74. The van der Waals surface area contributed by atoms with Crippen molar-refractivity contribution in [3.63, 3.8) is 0 Å². The Balaban J connectivity index is 2.10. The number of hydrogen-bond acceptors (Lipinski definition) is 4.